The van der Waals surface area contributed by atoms with Crippen molar-refractivity contribution >= 4 is 10.9 Å². The molecule has 3 aliphatic rings. The molecule has 0 amide bonds. The van der Waals surface area contributed by atoms with Crippen molar-refractivity contribution in [1.29, 1.82) is 0 Å². The minimum Gasteiger partial charge on any atom is -0.618 e. The number of aliphatic hydroxyl groups is 1. The quantitative estimate of drug-likeness (QED) is 0.527. The molecule has 1 aromatic carbocycles. The van der Waals surface area contributed by atoms with E-state index in [1.54, 1.807) is 25.3 Å². The van der Waals surface area contributed by atoms with Gasteiger partial charge in [0.15, 0.2) is 6.20 Å². The fraction of sp³-hybridized carbons (Fsp3) is 0.450. The van der Waals surface area contributed by atoms with E-state index in [1.165, 1.54) is 12.6 Å². The highest BCUT2D eigenvalue weighted by molar-refractivity contribution is 5.81. The van der Waals surface area contributed by atoms with Crippen LogP contribution in [0.2, 0.25) is 0 Å². The van der Waals surface area contributed by atoms with E-state index in [9.17, 15) is 10.3 Å². The number of fused-ring (bicyclic) bond motifs is 4. The van der Waals surface area contributed by atoms with E-state index in [4.69, 9.17) is 4.74 Å². The van der Waals surface area contributed by atoms with Gasteiger partial charge in [0.25, 0.3) is 0 Å². The lowest BCUT2D eigenvalue weighted by molar-refractivity contribution is -0.577. The molecular formula is C20H24N2O3. The van der Waals surface area contributed by atoms with Crippen molar-refractivity contribution in [2.24, 2.45) is 11.8 Å². The van der Waals surface area contributed by atoms with Crippen molar-refractivity contribution in [1.82, 2.24) is 4.90 Å². The van der Waals surface area contributed by atoms with Gasteiger partial charge >= 0.3 is 0 Å². The number of rotatable bonds is 4. The Labute approximate surface area is 147 Å². The number of methoxy groups -OCH3 is 1. The first-order valence-corrected chi connectivity index (χ1v) is 8.87. The van der Waals surface area contributed by atoms with Gasteiger partial charge in [0, 0.05) is 30.3 Å². The van der Waals surface area contributed by atoms with E-state index in [2.05, 4.69) is 17.6 Å². The van der Waals surface area contributed by atoms with Crippen LogP contribution in [0.25, 0.3) is 10.9 Å². The largest absolute Gasteiger partial charge is 0.618 e. The Morgan fingerprint density at radius 2 is 2.28 bits per heavy atom. The first-order valence-electron chi connectivity index (χ1n) is 8.87. The van der Waals surface area contributed by atoms with Crippen LogP contribution in [-0.2, 0) is 0 Å². The van der Waals surface area contributed by atoms with Crippen LogP contribution >= 0.6 is 0 Å². The summed E-state index contributed by atoms with van der Waals surface area (Å²) in [5.41, 5.74) is 1.35. The number of piperidine rings is 3. The van der Waals surface area contributed by atoms with Gasteiger partial charge in [-0.05, 0) is 43.4 Å². The second kappa shape index (κ2) is 6.32. The maximum atomic E-state index is 12.1. The number of aliphatic hydroxyl groups excluding tert-OH is 1. The second-order valence-corrected chi connectivity index (χ2v) is 7.17. The molecule has 1 aromatic heterocycles. The highest BCUT2D eigenvalue weighted by Crippen LogP contribution is 2.42. The van der Waals surface area contributed by atoms with Crippen molar-refractivity contribution in [3.8, 4) is 5.75 Å². The number of aromatic nitrogens is 1. The predicted octanol–water partition coefficient (Wildman–Crippen LogP) is 2.41. The van der Waals surface area contributed by atoms with E-state index in [1.807, 2.05) is 6.07 Å². The van der Waals surface area contributed by atoms with Gasteiger partial charge in [0.1, 0.15) is 5.75 Å². The Hall–Kier alpha value is -2.11. The van der Waals surface area contributed by atoms with Gasteiger partial charge in [-0.1, -0.05) is 6.08 Å². The maximum absolute atomic E-state index is 12.1. The van der Waals surface area contributed by atoms with E-state index >= 15 is 0 Å². The van der Waals surface area contributed by atoms with Gasteiger partial charge in [-0.25, -0.2) is 0 Å². The Balaban J connectivity index is 1.72. The third-order valence-electron chi connectivity index (χ3n) is 5.98. The molecule has 5 nitrogen and oxygen atoms in total. The van der Waals surface area contributed by atoms with Crippen molar-refractivity contribution < 1.29 is 14.6 Å². The molecule has 3 fully saturated rings. The smallest absolute Gasteiger partial charge is 0.224 e. The Morgan fingerprint density at radius 1 is 1.44 bits per heavy atom. The highest BCUT2D eigenvalue weighted by Gasteiger charge is 2.42. The zero-order chi connectivity index (χ0) is 17.6. The normalized spacial score (nSPS) is 29.5. The maximum Gasteiger partial charge on any atom is 0.224 e. The first kappa shape index (κ1) is 16.4. The molecule has 2 bridgehead atoms. The number of hydrogen-bond donors (Lipinski definition) is 1. The Morgan fingerprint density at radius 3 is 2.96 bits per heavy atom. The van der Waals surface area contributed by atoms with Crippen LogP contribution in [0.4, 0.5) is 0 Å². The number of nitrogens with zero attached hydrogens (tertiary/aromatic N) is 2. The average Bonchev–Trinajstić information content (AvgIpc) is 2.67. The molecular weight excluding hydrogens is 316 g/mol. The summed E-state index contributed by atoms with van der Waals surface area (Å²) in [5.74, 6) is 1.80. The van der Waals surface area contributed by atoms with Gasteiger partial charge < -0.3 is 15.1 Å². The molecule has 132 valence electrons. The molecule has 25 heavy (non-hydrogen) atoms. The minimum absolute atomic E-state index is 0.0897. The summed E-state index contributed by atoms with van der Waals surface area (Å²) in [6, 6.07) is 7.19. The Bertz CT molecular complexity index is 807. The van der Waals surface area contributed by atoms with Crippen molar-refractivity contribution in [2.45, 2.75) is 25.0 Å². The topological polar surface area (TPSA) is 59.6 Å². The zero-order valence-electron chi connectivity index (χ0n) is 14.5. The van der Waals surface area contributed by atoms with Gasteiger partial charge in [-0.15, -0.1) is 6.58 Å². The summed E-state index contributed by atoms with van der Waals surface area (Å²) in [6.45, 7) is 5.94. The second-order valence-electron chi connectivity index (χ2n) is 7.17. The van der Waals surface area contributed by atoms with Gasteiger partial charge in [-0.2, -0.15) is 4.73 Å². The van der Waals surface area contributed by atoms with Crippen LogP contribution in [0.1, 0.15) is 24.5 Å². The summed E-state index contributed by atoms with van der Waals surface area (Å²) in [4.78, 5) is 2.38. The molecule has 0 radical (unpaired) electrons. The van der Waals surface area contributed by atoms with Crippen LogP contribution in [0, 0.1) is 17.0 Å². The summed E-state index contributed by atoms with van der Waals surface area (Å²) in [5, 5.41) is 24.0. The highest BCUT2D eigenvalue weighted by atomic mass is 16.5. The van der Waals surface area contributed by atoms with Crippen LogP contribution in [0.15, 0.2) is 43.1 Å². The van der Waals surface area contributed by atoms with Crippen LogP contribution in [0.5, 0.6) is 5.75 Å². The van der Waals surface area contributed by atoms with E-state index in [-0.39, 0.29) is 6.04 Å². The molecule has 1 N–H and O–H groups in total. The molecule has 5 heteroatoms. The molecule has 4 heterocycles. The van der Waals surface area contributed by atoms with Gasteiger partial charge in [0.2, 0.25) is 5.52 Å². The summed E-state index contributed by atoms with van der Waals surface area (Å²) in [7, 11) is 1.60. The van der Waals surface area contributed by atoms with Crippen molar-refractivity contribution in [3.05, 3.63) is 53.9 Å². The van der Waals surface area contributed by atoms with Gasteiger partial charge in [-0.3, -0.25) is 4.90 Å². The molecule has 0 spiro atoms. The van der Waals surface area contributed by atoms with E-state index in [0.29, 0.717) is 23.1 Å². The standard InChI is InChI=1S/C20H24N2O3/c1-3-13-12-21-8-6-14(13)10-19(21)20(23)16-7-9-22(24)18-5-4-15(25-2)11-17(16)18/h3-5,7,9,11,13-14,19-20,23H,1,6,8,10,12H2,2H3/t13-,14?,19-,20-/m0/s1. The molecule has 0 saturated carbocycles. The molecule has 2 unspecified atom stereocenters. The molecule has 3 saturated heterocycles. The summed E-state index contributed by atoms with van der Waals surface area (Å²) < 4.78 is 6.15. The minimum atomic E-state index is -0.621. The Kier molecular flexibility index (Phi) is 4.13. The third-order valence-corrected chi connectivity index (χ3v) is 5.98. The number of benzene rings is 1. The van der Waals surface area contributed by atoms with Crippen LogP contribution < -0.4 is 9.47 Å². The van der Waals surface area contributed by atoms with Crippen molar-refractivity contribution in [2.75, 3.05) is 20.2 Å². The molecule has 2 aromatic rings. The molecule has 3 aliphatic heterocycles. The lowest BCUT2D eigenvalue weighted by Crippen LogP contribution is -2.54. The lowest BCUT2D eigenvalue weighted by Gasteiger charge is -2.50. The number of ether oxygens (including phenoxy) is 1. The molecule has 5 atom stereocenters. The van der Waals surface area contributed by atoms with Crippen molar-refractivity contribution in [3.63, 3.8) is 0 Å². The van der Waals surface area contributed by atoms with Gasteiger partial charge in [0.05, 0.1) is 18.6 Å². The SMILES string of the molecule is C=C[C@H]1CN2CCC1C[C@H]2[C@@H](O)c1cc[n+]([O-])c2ccc(OC)cc12. The fourth-order valence-corrected chi connectivity index (χ4v) is 4.55. The number of hydrogen-bond acceptors (Lipinski definition) is 4. The fourth-order valence-electron chi connectivity index (χ4n) is 4.55. The average molecular weight is 340 g/mol. The van der Waals surface area contributed by atoms with Crippen LogP contribution in [-0.4, -0.2) is 36.2 Å². The van der Waals surface area contributed by atoms with E-state index in [0.717, 1.165) is 35.2 Å². The van der Waals surface area contributed by atoms with Crippen LogP contribution in [0.3, 0.4) is 0 Å². The molecule has 5 rings (SSSR count). The monoisotopic (exact) mass is 340 g/mol. The number of pyridine rings is 1. The van der Waals surface area contributed by atoms with E-state index < -0.39 is 6.10 Å². The molecule has 0 aliphatic carbocycles. The summed E-state index contributed by atoms with van der Waals surface area (Å²) in [6.07, 6.45) is 5.06. The zero-order valence-corrected chi connectivity index (χ0v) is 14.5. The summed E-state index contributed by atoms with van der Waals surface area (Å²) >= 11 is 0. The lowest BCUT2D eigenvalue weighted by atomic mass is 9.73. The predicted molar refractivity (Wildman–Crippen MR) is 96.2 cm³/mol. The third kappa shape index (κ3) is 2.68. The first-order chi connectivity index (χ1) is 12.1.